The van der Waals surface area contributed by atoms with E-state index in [4.69, 9.17) is 0 Å². The Labute approximate surface area is 141 Å². The van der Waals surface area contributed by atoms with E-state index >= 15 is 0 Å². The summed E-state index contributed by atoms with van der Waals surface area (Å²) >= 11 is 0. The smallest absolute Gasteiger partial charge is 0.0241 e. The van der Waals surface area contributed by atoms with Crippen molar-refractivity contribution in [3.8, 4) is 0 Å². The van der Waals surface area contributed by atoms with Crippen LogP contribution in [-0.2, 0) is 0 Å². The molecule has 0 N–H and O–H groups in total. The molecule has 0 radical (unpaired) electrons. The van der Waals surface area contributed by atoms with Crippen molar-refractivity contribution < 1.29 is 0 Å². The molecule has 0 aromatic heterocycles. The van der Waals surface area contributed by atoms with E-state index in [0.717, 1.165) is 5.67 Å². The molecule has 0 spiro atoms. The molecule has 110 valence electrons. The van der Waals surface area contributed by atoms with Gasteiger partial charge in [0.15, 0.2) is 0 Å². The highest BCUT2D eigenvalue weighted by Crippen LogP contribution is 2.07. The molecule has 0 aromatic rings. The van der Waals surface area contributed by atoms with Gasteiger partial charge in [0, 0.05) is 22.3 Å². The van der Waals surface area contributed by atoms with Gasteiger partial charge in [-0.15, -0.1) is 74.4 Å². The molecule has 1 nitrogen and oxygen atoms in total. The lowest BCUT2D eigenvalue weighted by molar-refractivity contribution is 0.164. The third kappa shape index (κ3) is 18.3. The topological polar surface area (TPSA) is 3.24 Å². The molecule has 0 aromatic carbocycles. The van der Waals surface area contributed by atoms with Crippen LogP contribution in [-0.4, -0.2) is 32.9 Å². The largest absolute Gasteiger partial charge is 0.300 e. The van der Waals surface area contributed by atoms with Gasteiger partial charge in [0.1, 0.15) is 0 Å². The summed E-state index contributed by atoms with van der Waals surface area (Å²) in [6.45, 7) is 11.4. The van der Waals surface area contributed by atoms with Crippen LogP contribution in [0.3, 0.4) is 0 Å². The van der Waals surface area contributed by atoms with Gasteiger partial charge in [-0.1, -0.05) is 6.92 Å². The Kier molecular flexibility index (Phi) is 59.5. The molecular formula is C8H27Cl6NSi. The fourth-order valence-electron chi connectivity index (χ4n) is 1.79. The summed E-state index contributed by atoms with van der Waals surface area (Å²) in [6.07, 6.45) is 0. The van der Waals surface area contributed by atoms with Gasteiger partial charge in [0.05, 0.1) is 0 Å². The maximum absolute atomic E-state index is 2.56. The van der Waals surface area contributed by atoms with Gasteiger partial charge in [-0.05, 0) is 33.4 Å². The summed E-state index contributed by atoms with van der Waals surface area (Å²) in [5.74, 6) is 0. The van der Waals surface area contributed by atoms with Crippen molar-refractivity contribution in [1.82, 2.24) is 4.90 Å². The van der Waals surface area contributed by atoms with Gasteiger partial charge < -0.3 is 0 Å². The monoisotopic (exact) mass is 375 g/mol. The first-order chi connectivity index (χ1) is 4.46. The first kappa shape index (κ1) is 43.0. The zero-order valence-corrected chi connectivity index (χ0v) is 17.5. The molecule has 0 bridgehead atoms. The third-order valence-corrected chi connectivity index (χ3v) is 2.39. The van der Waals surface area contributed by atoms with Gasteiger partial charge in [0.25, 0.3) is 0 Å². The van der Waals surface area contributed by atoms with E-state index in [1.54, 1.807) is 0 Å². The van der Waals surface area contributed by atoms with Crippen LogP contribution >= 0.6 is 74.4 Å². The lowest BCUT2D eigenvalue weighted by Gasteiger charge is -2.34. The van der Waals surface area contributed by atoms with E-state index in [1.165, 1.54) is 10.2 Å². The standard InChI is InChI=1S/C8H21NSi.6ClH/c1-6(2)9(7(3)4)8(5)10;;;;;;/h6-8H,1-5,10H3;6*1H. The normalized spacial score (nSPS) is 9.75. The second kappa shape index (κ2) is 22.1. The van der Waals surface area contributed by atoms with E-state index in [1.807, 2.05) is 0 Å². The highest BCUT2D eigenvalue weighted by Gasteiger charge is 2.15. The van der Waals surface area contributed by atoms with E-state index in [9.17, 15) is 0 Å². The molecule has 0 heterocycles. The SMILES string of the molecule is CC(C)N(C(C)C)C(C)[SiH3].Cl.Cl.Cl.Cl.Cl.Cl. The number of halogens is 6. The van der Waals surface area contributed by atoms with Gasteiger partial charge in [-0.2, -0.15) is 0 Å². The van der Waals surface area contributed by atoms with Crippen LogP contribution in [0.5, 0.6) is 0 Å². The summed E-state index contributed by atoms with van der Waals surface area (Å²) in [6, 6.07) is 1.40. The van der Waals surface area contributed by atoms with Crippen LogP contribution < -0.4 is 0 Å². The summed E-state index contributed by atoms with van der Waals surface area (Å²) in [4.78, 5) is 2.56. The molecule has 0 aliphatic carbocycles. The number of hydrogen-bond donors (Lipinski definition) is 0. The Morgan fingerprint density at radius 1 is 0.625 bits per heavy atom. The molecule has 0 aliphatic heterocycles. The van der Waals surface area contributed by atoms with Crippen LogP contribution in [0.15, 0.2) is 0 Å². The lowest BCUT2D eigenvalue weighted by atomic mass is 10.2. The molecule has 0 amide bonds. The van der Waals surface area contributed by atoms with Crippen molar-refractivity contribution in [1.29, 1.82) is 0 Å². The Morgan fingerprint density at radius 2 is 0.812 bits per heavy atom. The Balaban J connectivity index is -0.0000000270. The first-order valence-electron chi connectivity index (χ1n) is 4.24. The van der Waals surface area contributed by atoms with Gasteiger partial charge in [-0.25, -0.2) is 0 Å². The summed E-state index contributed by atoms with van der Waals surface area (Å²) < 4.78 is 0. The maximum Gasteiger partial charge on any atom is 0.0241 e. The molecule has 0 saturated carbocycles. The van der Waals surface area contributed by atoms with E-state index in [-0.39, 0.29) is 74.4 Å². The predicted octanol–water partition coefficient (Wildman–Crippen LogP) is 3.35. The van der Waals surface area contributed by atoms with E-state index < -0.39 is 0 Å². The number of nitrogens with zero attached hydrogens (tertiary/aromatic N) is 1. The molecule has 1 unspecified atom stereocenters. The van der Waals surface area contributed by atoms with Gasteiger partial charge in [0.2, 0.25) is 0 Å². The molecule has 0 fully saturated rings. The van der Waals surface area contributed by atoms with Crippen LogP contribution in [0.25, 0.3) is 0 Å². The van der Waals surface area contributed by atoms with Crippen molar-refractivity contribution in [2.45, 2.75) is 52.4 Å². The maximum atomic E-state index is 2.56. The molecule has 1 atom stereocenters. The fourth-order valence-corrected chi connectivity index (χ4v) is 2.98. The summed E-state index contributed by atoms with van der Waals surface area (Å²) in [5.41, 5.74) is 0.806. The van der Waals surface area contributed by atoms with Crippen molar-refractivity contribution in [3.05, 3.63) is 0 Å². The summed E-state index contributed by atoms with van der Waals surface area (Å²) in [5, 5.41) is 0. The second-order valence-electron chi connectivity index (χ2n) is 3.73. The molecular weight excluding hydrogens is 351 g/mol. The van der Waals surface area contributed by atoms with E-state index in [2.05, 4.69) is 39.5 Å². The predicted molar refractivity (Wildman–Crippen MR) is 95.0 cm³/mol. The van der Waals surface area contributed by atoms with Crippen LogP contribution in [0, 0.1) is 0 Å². The fraction of sp³-hybridized carbons (Fsp3) is 1.00. The minimum Gasteiger partial charge on any atom is -0.300 e. The summed E-state index contributed by atoms with van der Waals surface area (Å²) in [7, 11) is 1.27. The van der Waals surface area contributed by atoms with Gasteiger partial charge in [-0.3, -0.25) is 4.90 Å². The molecule has 0 rings (SSSR count). The van der Waals surface area contributed by atoms with Crippen molar-refractivity contribution >= 4 is 84.7 Å². The Bertz CT molecular complexity index is 85.5. The van der Waals surface area contributed by atoms with Crippen molar-refractivity contribution in [2.75, 3.05) is 0 Å². The van der Waals surface area contributed by atoms with E-state index in [0.29, 0.717) is 12.1 Å². The zero-order valence-electron chi connectivity index (χ0n) is 10.6. The molecule has 0 saturated heterocycles. The molecule has 0 aliphatic rings. The Hall–Kier alpha value is 1.92. The second-order valence-corrected chi connectivity index (χ2v) is 5.40. The third-order valence-electron chi connectivity index (χ3n) is 1.79. The van der Waals surface area contributed by atoms with Crippen LogP contribution in [0.4, 0.5) is 0 Å². The van der Waals surface area contributed by atoms with Crippen LogP contribution in [0.1, 0.15) is 34.6 Å². The number of hydrogen-bond acceptors (Lipinski definition) is 1. The number of rotatable bonds is 3. The van der Waals surface area contributed by atoms with Crippen molar-refractivity contribution in [2.24, 2.45) is 0 Å². The highest BCUT2D eigenvalue weighted by atomic mass is 35.5. The average Bonchev–Trinajstić information content (AvgIpc) is 1.59. The average molecular weight is 378 g/mol. The quantitative estimate of drug-likeness (QED) is 0.681. The molecule has 16 heavy (non-hydrogen) atoms. The van der Waals surface area contributed by atoms with Gasteiger partial charge >= 0.3 is 0 Å². The minimum absolute atomic E-state index is 0. The van der Waals surface area contributed by atoms with Crippen LogP contribution in [0.2, 0.25) is 0 Å². The highest BCUT2D eigenvalue weighted by molar-refractivity contribution is 6.11. The first-order valence-corrected chi connectivity index (χ1v) is 5.39. The molecule has 8 heteroatoms. The zero-order chi connectivity index (χ0) is 8.31. The van der Waals surface area contributed by atoms with Crippen molar-refractivity contribution in [3.63, 3.8) is 0 Å². The Morgan fingerprint density at radius 3 is 0.812 bits per heavy atom. The lowest BCUT2D eigenvalue weighted by Crippen LogP contribution is -2.43. The minimum atomic E-state index is 0.